The first kappa shape index (κ1) is 12.2. The lowest BCUT2D eigenvalue weighted by Gasteiger charge is -2.34. The predicted octanol–water partition coefficient (Wildman–Crippen LogP) is 2.12. The number of nitrogen functional groups attached to an aromatic ring is 1. The standard InChI is InChI=1S/C11H19IN4/c1-8(2)15-5-3-9(4-6-15)16-11(13)10(12)7-14-16/h7-9H,3-6,13H2,1-2H3. The highest BCUT2D eigenvalue weighted by Crippen LogP contribution is 2.27. The molecule has 1 aromatic rings. The van der Waals surface area contributed by atoms with Crippen LogP contribution in [0.15, 0.2) is 6.20 Å². The molecule has 1 aromatic heterocycles. The van der Waals surface area contributed by atoms with E-state index in [-0.39, 0.29) is 0 Å². The molecule has 5 heteroatoms. The normalized spacial score (nSPS) is 19.5. The number of rotatable bonds is 2. The van der Waals surface area contributed by atoms with E-state index in [0.717, 1.165) is 35.3 Å². The third-order valence-corrected chi connectivity index (χ3v) is 4.19. The van der Waals surface area contributed by atoms with Crippen LogP contribution in [-0.4, -0.2) is 33.8 Å². The van der Waals surface area contributed by atoms with E-state index < -0.39 is 0 Å². The van der Waals surface area contributed by atoms with Gasteiger partial charge in [0.1, 0.15) is 5.82 Å². The molecule has 0 bridgehead atoms. The molecule has 0 aliphatic carbocycles. The largest absolute Gasteiger partial charge is 0.383 e. The SMILES string of the molecule is CC(C)N1CCC(n2ncc(I)c2N)CC1. The number of hydrogen-bond acceptors (Lipinski definition) is 3. The van der Waals surface area contributed by atoms with E-state index in [4.69, 9.17) is 5.73 Å². The van der Waals surface area contributed by atoms with Crippen molar-refractivity contribution in [2.75, 3.05) is 18.8 Å². The Kier molecular flexibility index (Phi) is 3.73. The summed E-state index contributed by atoms with van der Waals surface area (Å²) < 4.78 is 3.06. The lowest BCUT2D eigenvalue weighted by Crippen LogP contribution is -2.39. The zero-order chi connectivity index (χ0) is 11.7. The molecule has 0 radical (unpaired) electrons. The Morgan fingerprint density at radius 2 is 2.06 bits per heavy atom. The van der Waals surface area contributed by atoms with Gasteiger partial charge in [-0.05, 0) is 49.3 Å². The summed E-state index contributed by atoms with van der Waals surface area (Å²) in [5, 5.41) is 4.37. The first-order valence-corrected chi connectivity index (χ1v) is 6.90. The highest BCUT2D eigenvalue weighted by molar-refractivity contribution is 14.1. The van der Waals surface area contributed by atoms with Crippen molar-refractivity contribution in [1.82, 2.24) is 14.7 Å². The average molecular weight is 334 g/mol. The average Bonchev–Trinajstić information content (AvgIpc) is 2.60. The third-order valence-electron chi connectivity index (χ3n) is 3.36. The van der Waals surface area contributed by atoms with E-state index in [9.17, 15) is 0 Å². The predicted molar refractivity (Wildman–Crippen MR) is 74.3 cm³/mol. The molecule has 0 aromatic carbocycles. The molecule has 2 N–H and O–H groups in total. The Balaban J connectivity index is 2.02. The highest BCUT2D eigenvalue weighted by atomic mass is 127. The minimum absolute atomic E-state index is 0.485. The summed E-state index contributed by atoms with van der Waals surface area (Å²) in [5.41, 5.74) is 6.01. The zero-order valence-electron chi connectivity index (χ0n) is 9.86. The second kappa shape index (κ2) is 4.91. The van der Waals surface area contributed by atoms with Gasteiger partial charge in [-0.25, -0.2) is 4.68 Å². The van der Waals surface area contributed by atoms with Gasteiger partial charge >= 0.3 is 0 Å². The smallest absolute Gasteiger partial charge is 0.135 e. The number of nitrogens with two attached hydrogens (primary N) is 1. The van der Waals surface area contributed by atoms with E-state index in [1.54, 1.807) is 0 Å². The Hall–Kier alpha value is -0.300. The number of anilines is 1. The van der Waals surface area contributed by atoms with Crippen LogP contribution in [0.2, 0.25) is 0 Å². The molecule has 0 unspecified atom stereocenters. The summed E-state index contributed by atoms with van der Waals surface area (Å²) in [7, 11) is 0. The lowest BCUT2D eigenvalue weighted by molar-refractivity contribution is 0.148. The Morgan fingerprint density at radius 1 is 1.44 bits per heavy atom. The van der Waals surface area contributed by atoms with Crippen LogP contribution in [0.1, 0.15) is 32.7 Å². The van der Waals surface area contributed by atoms with Crippen LogP contribution in [0.4, 0.5) is 5.82 Å². The van der Waals surface area contributed by atoms with E-state index in [1.807, 2.05) is 10.9 Å². The fourth-order valence-corrected chi connectivity index (χ4v) is 2.66. The molecule has 0 saturated carbocycles. The van der Waals surface area contributed by atoms with Crippen molar-refractivity contribution in [3.63, 3.8) is 0 Å². The number of halogens is 1. The van der Waals surface area contributed by atoms with Crippen LogP contribution in [0.3, 0.4) is 0 Å². The lowest BCUT2D eigenvalue weighted by atomic mass is 10.0. The number of nitrogens with zero attached hydrogens (tertiary/aromatic N) is 3. The maximum absolute atomic E-state index is 6.01. The van der Waals surface area contributed by atoms with Gasteiger partial charge in [-0.15, -0.1) is 0 Å². The van der Waals surface area contributed by atoms with Gasteiger partial charge in [-0.3, -0.25) is 0 Å². The van der Waals surface area contributed by atoms with Crippen LogP contribution in [0.25, 0.3) is 0 Å². The molecule has 1 fully saturated rings. The van der Waals surface area contributed by atoms with Crippen molar-refractivity contribution in [2.45, 2.75) is 38.8 Å². The summed E-state index contributed by atoms with van der Waals surface area (Å²) in [5.74, 6) is 0.823. The van der Waals surface area contributed by atoms with E-state index in [1.165, 1.54) is 0 Å². The summed E-state index contributed by atoms with van der Waals surface area (Å²) in [6, 6.07) is 1.13. The minimum Gasteiger partial charge on any atom is -0.383 e. The molecule has 1 aliphatic heterocycles. The second-order valence-corrected chi connectivity index (χ2v) is 5.85. The zero-order valence-corrected chi connectivity index (χ0v) is 12.0. The number of piperidine rings is 1. The molecule has 4 nitrogen and oxygen atoms in total. The van der Waals surface area contributed by atoms with Crippen molar-refractivity contribution >= 4 is 28.4 Å². The van der Waals surface area contributed by atoms with Gasteiger partial charge in [0.05, 0.1) is 15.8 Å². The molecular weight excluding hydrogens is 315 g/mol. The topological polar surface area (TPSA) is 47.1 Å². The molecule has 2 rings (SSSR count). The monoisotopic (exact) mass is 334 g/mol. The Labute approximate surface area is 110 Å². The van der Waals surface area contributed by atoms with Gasteiger partial charge in [0.25, 0.3) is 0 Å². The van der Waals surface area contributed by atoms with E-state index in [0.29, 0.717) is 12.1 Å². The Morgan fingerprint density at radius 3 is 2.50 bits per heavy atom. The number of aromatic nitrogens is 2. The number of hydrogen-bond donors (Lipinski definition) is 1. The quantitative estimate of drug-likeness (QED) is 0.843. The maximum Gasteiger partial charge on any atom is 0.135 e. The van der Waals surface area contributed by atoms with Gasteiger partial charge < -0.3 is 10.6 Å². The van der Waals surface area contributed by atoms with Crippen LogP contribution in [0.5, 0.6) is 0 Å². The molecule has 0 amide bonds. The fourth-order valence-electron chi connectivity index (χ4n) is 2.29. The van der Waals surface area contributed by atoms with Gasteiger partial charge in [-0.2, -0.15) is 5.10 Å². The molecular formula is C11H19IN4. The Bertz CT molecular complexity index is 353. The van der Waals surface area contributed by atoms with E-state index in [2.05, 4.69) is 46.4 Å². The van der Waals surface area contributed by atoms with Gasteiger partial charge in [0.2, 0.25) is 0 Å². The summed E-state index contributed by atoms with van der Waals surface area (Å²) >= 11 is 2.24. The first-order valence-electron chi connectivity index (χ1n) is 5.82. The van der Waals surface area contributed by atoms with Gasteiger partial charge in [0.15, 0.2) is 0 Å². The van der Waals surface area contributed by atoms with Crippen molar-refractivity contribution in [1.29, 1.82) is 0 Å². The van der Waals surface area contributed by atoms with Crippen molar-refractivity contribution < 1.29 is 0 Å². The summed E-state index contributed by atoms with van der Waals surface area (Å²) in [4.78, 5) is 2.52. The molecule has 1 saturated heterocycles. The van der Waals surface area contributed by atoms with Crippen LogP contribution in [-0.2, 0) is 0 Å². The van der Waals surface area contributed by atoms with E-state index >= 15 is 0 Å². The van der Waals surface area contributed by atoms with Crippen LogP contribution < -0.4 is 5.73 Å². The molecule has 16 heavy (non-hydrogen) atoms. The molecule has 0 spiro atoms. The molecule has 2 heterocycles. The third kappa shape index (κ3) is 2.34. The summed E-state index contributed by atoms with van der Waals surface area (Å²) in [6.45, 7) is 6.81. The van der Waals surface area contributed by atoms with Crippen molar-refractivity contribution in [3.8, 4) is 0 Å². The maximum atomic E-state index is 6.01. The van der Waals surface area contributed by atoms with Crippen LogP contribution in [0, 0.1) is 3.57 Å². The van der Waals surface area contributed by atoms with Crippen molar-refractivity contribution in [3.05, 3.63) is 9.77 Å². The van der Waals surface area contributed by atoms with Gasteiger partial charge in [-0.1, -0.05) is 0 Å². The molecule has 0 atom stereocenters. The van der Waals surface area contributed by atoms with Crippen LogP contribution >= 0.6 is 22.6 Å². The first-order chi connectivity index (χ1) is 7.59. The molecule has 90 valence electrons. The fraction of sp³-hybridized carbons (Fsp3) is 0.727. The second-order valence-electron chi connectivity index (χ2n) is 4.68. The molecule has 1 aliphatic rings. The summed E-state index contributed by atoms with van der Waals surface area (Å²) in [6.07, 6.45) is 4.16. The van der Waals surface area contributed by atoms with Gasteiger partial charge in [0, 0.05) is 19.1 Å². The minimum atomic E-state index is 0.485. The highest BCUT2D eigenvalue weighted by Gasteiger charge is 2.23. The number of likely N-dealkylation sites (tertiary alicyclic amines) is 1. The van der Waals surface area contributed by atoms with Crippen molar-refractivity contribution in [2.24, 2.45) is 0 Å².